The van der Waals surface area contributed by atoms with Crippen molar-refractivity contribution in [3.8, 4) is 28.4 Å². The van der Waals surface area contributed by atoms with Gasteiger partial charge >= 0.3 is 5.97 Å². The molecule has 5 nitrogen and oxygen atoms in total. The van der Waals surface area contributed by atoms with E-state index in [1.807, 2.05) is 55.5 Å². The molecule has 0 bridgehead atoms. The lowest BCUT2D eigenvalue weighted by Gasteiger charge is -2.10. The van der Waals surface area contributed by atoms with Gasteiger partial charge in [0.1, 0.15) is 18.1 Å². The summed E-state index contributed by atoms with van der Waals surface area (Å²) in [4.78, 5) is 10.5. The zero-order chi connectivity index (χ0) is 20.6. The Kier molecular flexibility index (Phi) is 6.68. The summed E-state index contributed by atoms with van der Waals surface area (Å²) in [6, 6.07) is 19.8. The van der Waals surface area contributed by atoms with Crippen molar-refractivity contribution in [1.29, 1.82) is 0 Å². The molecule has 0 heterocycles. The molecule has 3 rings (SSSR count). The smallest absolute Gasteiger partial charge is 0.341 e. The number of carboxylic acids is 1. The summed E-state index contributed by atoms with van der Waals surface area (Å²) >= 11 is 0. The van der Waals surface area contributed by atoms with Gasteiger partial charge in [-0.15, -0.1) is 0 Å². The summed E-state index contributed by atoms with van der Waals surface area (Å²) in [6.45, 7) is 2.23. The third-order valence-corrected chi connectivity index (χ3v) is 4.09. The lowest BCUT2D eigenvalue weighted by atomic mass is 10.0. The van der Waals surface area contributed by atoms with Crippen LogP contribution in [0.4, 0.5) is 4.39 Å². The van der Waals surface area contributed by atoms with E-state index in [1.54, 1.807) is 0 Å². The Morgan fingerprint density at radius 2 is 1.66 bits per heavy atom. The highest BCUT2D eigenvalue weighted by atomic mass is 19.1. The predicted molar refractivity (Wildman–Crippen MR) is 107 cm³/mol. The van der Waals surface area contributed by atoms with Gasteiger partial charge in [-0.1, -0.05) is 30.3 Å². The number of halogens is 1. The lowest BCUT2D eigenvalue weighted by molar-refractivity contribution is -0.139. The molecule has 0 aliphatic heterocycles. The first kappa shape index (κ1) is 20.2. The molecule has 0 spiro atoms. The number of carboxylic acid groups (broad SMARTS) is 1. The molecule has 0 unspecified atom stereocenters. The van der Waals surface area contributed by atoms with Gasteiger partial charge in [0.15, 0.2) is 18.2 Å². The SMILES string of the molecule is CCOc1ccc(-c2cccc(COc3ccc(OCC(=O)O)c(F)c3)c2)cc1. The second-order valence-corrected chi connectivity index (χ2v) is 6.22. The number of rotatable bonds is 9. The molecule has 1 N–H and O–H groups in total. The minimum Gasteiger partial charge on any atom is -0.494 e. The van der Waals surface area contributed by atoms with Crippen molar-refractivity contribution < 1.29 is 28.5 Å². The van der Waals surface area contributed by atoms with Crippen molar-refractivity contribution in [1.82, 2.24) is 0 Å². The number of benzene rings is 3. The standard InChI is InChI=1S/C23H21FO5/c1-2-27-19-8-6-17(7-9-19)18-5-3-4-16(12-18)14-28-20-10-11-22(21(24)13-20)29-15-23(25)26/h3-13H,2,14-15H2,1H3,(H,25,26). The van der Waals surface area contributed by atoms with Crippen LogP contribution in [0.2, 0.25) is 0 Å². The molecule has 0 atom stereocenters. The molecule has 3 aromatic rings. The summed E-state index contributed by atoms with van der Waals surface area (Å²) in [6.07, 6.45) is 0. The summed E-state index contributed by atoms with van der Waals surface area (Å²) < 4.78 is 30.0. The molecule has 6 heteroatoms. The molecule has 3 aromatic carbocycles. The third kappa shape index (κ3) is 5.72. The zero-order valence-corrected chi connectivity index (χ0v) is 15.9. The highest BCUT2D eigenvalue weighted by Crippen LogP contribution is 2.26. The third-order valence-electron chi connectivity index (χ3n) is 4.09. The fraction of sp³-hybridized carbons (Fsp3) is 0.174. The topological polar surface area (TPSA) is 65.0 Å². The van der Waals surface area contributed by atoms with Crippen LogP contribution in [-0.2, 0) is 11.4 Å². The minimum absolute atomic E-state index is 0.128. The molecule has 0 saturated carbocycles. The number of carbonyl (C=O) groups is 1. The molecule has 0 saturated heterocycles. The molecule has 29 heavy (non-hydrogen) atoms. The van der Waals surface area contributed by atoms with E-state index in [1.165, 1.54) is 18.2 Å². The molecule has 0 amide bonds. The molecule has 0 fully saturated rings. The van der Waals surface area contributed by atoms with Crippen molar-refractivity contribution >= 4 is 5.97 Å². The van der Waals surface area contributed by atoms with Gasteiger partial charge in [0.05, 0.1) is 6.61 Å². The Balaban J connectivity index is 1.64. The van der Waals surface area contributed by atoms with Crippen LogP contribution < -0.4 is 14.2 Å². The predicted octanol–water partition coefficient (Wildman–Crippen LogP) is 4.93. The van der Waals surface area contributed by atoms with Gasteiger partial charge in [-0.05, 0) is 53.9 Å². The lowest BCUT2D eigenvalue weighted by Crippen LogP contribution is -2.10. The van der Waals surface area contributed by atoms with Gasteiger partial charge < -0.3 is 19.3 Å². The fourth-order valence-corrected chi connectivity index (χ4v) is 2.75. The largest absolute Gasteiger partial charge is 0.494 e. The first-order valence-electron chi connectivity index (χ1n) is 9.14. The average Bonchev–Trinajstić information content (AvgIpc) is 2.72. The van der Waals surface area contributed by atoms with Gasteiger partial charge in [0, 0.05) is 6.07 Å². The van der Waals surface area contributed by atoms with Gasteiger partial charge in [-0.3, -0.25) is 0 Å². The van der Waals surface area contributed by atoms with Gasteiger partial charge in [-0.25, -0.2) is 9.18 Å². The monoisotopic (exact) mass is 396 g/mol. The highest BCUT2D eigenvalue weighted by molar-refractivity contribution is 5.68. The molecular weight excluding hydrogens is 375 g/mol. The second kappa shape index (κ2) is 9.59. The molecule has 150 valence electrons. The van der Waals surface area contributed by atoms with Crippen LogP contribution in [0.15, 0.2) is 66.7 Å². The minimum atomic E-state index is -1.17. The summed E-state index contributed by atoms with van der Waals surface area (Å²) in [5.74, 6) is -0.813. The van der Waals surface area contributed by atoms with Crippen molar-refractivity contribution in [2.24, 2.45) is 0 Å². The van der Waals surface area contributed by atoms with E-state index in [4.69, 9.17) is 19.3 Å². The van der Waals surface area contributed by atoms with Crippen molar-refractivity contribution in [3.05, 3.63) is 78.1 Å². The number of hydrogen-bond donors (Lipinski definition) is 1. The summed E-state index contributed by atoms with van der Waals surface area (Å²) in [5, 5.41) is 8.59. The first-order valence-corrected chi connectivity index (χ1v) is 9.14. The Labute approximate surface area is 168 Å². The van der Waals surface area contributed by atoms with Crippen molar-refractivity contribution in [2.75, 3.05) is 13.2 Å². The van der Waals surface area contributed by atoms with E-state index in [-0.39, 0.29) is 12.4 Å². The van der Waals surface area contributed by atoms with E-state index in [9.17, 15) is 9.18 Å². The maximum absolute atomic E-state index is 14.0. The van der Waals surface area contributed by atoms with Crippen LogP contribution in [0.3, 0.4) is 0 Å². The van der Waals surface area contributed by atoms with Crippen molar-refractivity contribution in [3.63, 3.8) is 0 Å². The van der Waals surface area contributed by atoms with E-state index in [0.717, 1.165) is 22.4 Å². The maximum atomic E-state index is 14.0. The highest BCUT2D eigenvalue weighted by Gasteiger charge is 2.08. The zero-order valence-electron chi connectivity index (χ0n) is 15.9. The molecule has 0 aliphatic rings. The maximum Gasteiger partial charge on any atom is 0.341 e. The van der Waals surface area contributed by atoms with Gasteiger partial charge in [0.2, 0.25) is 0 Å². The van der Waals surface area contributed by atoms with Gasteiger partial charge in [0.25, 0.3) is 0 Å². The van der Waals surface area contributed by atoms with E-state index >= 15 is 0 Å². The fourth-order valence-electron chi connectivity index (χ4n) is 2.75. The van der Waals surface area contributed by atoms with E-state index < -0.39 is 18.4 Å². The van der Waals surface area contributed by atoms with Crippen LogP contribution in [-0.4, -0.2) is 24.3 Å². The summed E-state index contributed by atoms with van der Waals surface area (Å²) in [7, 11) is 0. The quantitative estimate of drug-likeness (QED) is 0.555. The van der Waals surface area contributed by atoms with Crippen molar-refractivity contribution in [2.45, 2.75) is 13.5 Å². The number of hydrogen-bond acceptors (Lipinski definition) is 4. The van der Waals surface area contributed by atoms with Crippen LogP contribution in [0.1, 0.15) is 12.5 Å². The van der Waals surface area contributed by atoms with Gasteiger partial charge in [-0.2, -0.15) is 0 Å². The number of ether oxygens (including phenoxy) is 3. The van der Waals surface area contributed by atoms with Crippen LogP contribution in [0.5, 0.6) is 17.2 Å². The first-order chi connectivity index (χ1) is 14.0. The molecular formula is C23H21FO5. The van der Waals surface area contributed by atoms with Crippen LogP contribution in [0.25, 0.3) is 11.1 Å². The van der Waals surface area contributed by atoms with E-state index in [2.05, 4.69) is 0 Å². The van der Waals surface area contributed by atoms with E-state index in [0.29, 0.717) is 12.4 Å². The van der Waals surface area contributed by atoms with Crippen LogP contribution in [0, 0.1) is 5.82 Å². The Hall–Kier alpha value is -3.54. The molecule has 0 aromatic heterocycles. The Morgan fingerprint density at radius 1 is 0.897 bits per heavy atom. The normalized spacial score (nSPS) is 10.4. The Morgan fingerprint density at radius 3 is 2.34 bits per heavy atom. The average molecular weight is 396 g/mol. The van der Waals surface area contributed by atoms with Crippen LogP contribution >= 0.6 is 0 Å². The Bertz CT molecular complexity index is 969. The second-order valence-electron chi connectivity index (χ2n) is 6.22. The molecule has 0 radical (unpaired) electrons. The summed E-state index contributed by atoms with van der Waals surface area (Å²) in [5.41, 5.74) is 3.03. The molecule has 0 aliphatic carbocycles. The number of aliphatic carboxylic acids is 1.